The van der Waals surface area contributed by atoms with Crippen LogP contribution in [0.1, 0.15) is 40.5 Å². The van der Waals surface area contributed by atoms with E-state index in [1.54, 1.807) is 5.41 Å². The van der Waals surface area contributed by atoms with E-state index in [1.165, 1.54) is 0 Å². The van der Waals surface area contributed by atoms with Gasteiger partial charge in [-0.05, 0) is 42.8 Å². The van der Waals surface area contributed by atoms with Crippen molar-refractivity contribution in [1.82, 2.24) is 0 Å². The topological polar surface area (TPSA) is 26.3 Å². The summed E-state index contributed by atoms with van der Waals surface area (Å²) in [7, 11) is -2.91. The molecule has 1 unspecified atom stereocenters. The van der Waals surface area contributed by atoms with Gasteiger partial charge < -0.3 is 4.43 Å². The first-order valence-electron chi connectivity index (χ1n) is 7.99. The summed E-state index contributed by atoms with van der Waals surface area (Å²) in [6.07, 6.45) is 4.07. The molecule has 0 aliphatic rings. The third kappa shape index (κ3) is 5.82. The number of hydrogen-bond donors (Lipinski definition) is 0. The van der Waals surface area contributed by atoms with Crippen molar-refractivity contribution in [3.63, 3.8) is 0 Å². The minimum absolute atomic E-state index is 0.0542. The minimum Gasteiger partial charge on any atom is -0.411 e. The monoisotopic (exact) mass is 338 g/mol. The molecule has 0 N–H and O–H groups in total. The highest BCUT2D eigenvalue weighted by Gasteiger charge is 2.38. The second-order valence-corrected chi connectivity index (χ2v) is 13.2. The number of hydrogen-bond acceptors (Lipinski definition) is 2. The Labute approximate surface area is 139 Å². The fourth-order valence-electron chi connectivity index (χ4n) is 1.83. The summed E-state index contributed by atoms with van der Waals surface area (Å²) in [5, 5.41) is 1.97. The van der Waals surface area contributed by atoms with Crippen LogP contribution in [-0.4, -0.2) is 18.6 Å². The van der Waals surface area contributed by atoms with Gasteiger partial charge in [0.05, 0.1) is 16.9 Å². The molecule has 4 heteroatoms. The molecule has 0 aliphatic heterocycles. The Morgan fingerprint density at radius 2 is 1.82 bits per heavy atom. The molecule has 124 valence electrons. The normalized spacial score (nSPS) is 15.9. The van der Waals surface area contributed by atoms with Crippen LogP contribution < -0.4 is 0 Å². The second-order valence-electron chi connectivity index (χ2n) is 7.14. The zero-order valence-electron chi connectivity index (χ0n) is 14.8. The van der Waals surface area contributed by atoms with Gasteiger partial charge in [0.1, 0.15) is 0 Å². The molecule has 0 heterocycles. The van der Waals surface area contributed by atoms with E-state index in [4.69, 9.17) is 4.43 Å². The Bertz CT molecular complexity index is 504. The standard InChI is InChI=1S/C18H30O2SSi/c1-7-11-16(20-22(5,6)18(2,3)4)14-15-21(19)17-12-9-8-10-13-17/h8-10,12-16H,7,11H2,1-6H3/b15-14+/t16-,21?/m0/s1. The van der Waals surface area contributed by atoms with Crippen LogP contribution in [-0.2, 0) is 15.2 Å². The summed E-state index contributed by atoms with van der Waals surface area (Å²) >= 11 is 0. The molecule has 0 saturated carbocycles. The predicted octanol–water partition coefficient (Wildman–Crippen LogP) is 5.50. The maximum atomic E-state index is 12.3. The van der Waals surface area contributed by atoms with Crippen LogP contribution in [0, 0.1) is 0 Å². The molecule has 0 bridgehead atoms. The summed E-state index contributed by atoms with van der Waals surface area (Å²) in [6.45, 7) is 13.4. The van der Waals surface area contributed by atoms with E-state index in [2.05, 4.69) is 40.8 Å². The lowest BCUT2D eigenvalue weighted by molar-refractivity contribution is 0.214. The molecule has 1 rings (SSSR count). The van der Waals surface area contributed by atoms with Crippen LogP contribution in [0.4, 0.5) is 0 Å². The molecule has 22 heavy (non-hydrogen) atoms. The summed E-state index contributed by atoms with van der Waals surface area (Å²) in [5.74, 6) is 0. The Morgan fingerprint density at radius 3 is 2.32 bits per heavy atom. The van der Waals surface area contributed by atoms with E-state index in [1.807, 2.05) is 36.4 Å². The Hall–Kier alpha value is -0.713. The zero-order valence-corrected chi connectivity index (χ0v) is 16.6. The molecule has 2 atom stereocenters. The van der Waals surface area contributed by atoms with Crippen LogP contribution in [0.5, 0.6) is 0 Å². The third-order valence-electron chi connectivity index (χ3n) is 4.22. The second kappa shape index (κ2) is 8.23. The van der Waals surface area contributed by atoms with Gasteiger partial charge in [0.2, 0.25) is 0 Å². The van der Waals surface area contributed by atoms with Crippen molar-refractivity contribution in [2.75, 3.05) is 0 Å². The Morgan fingerprint density at radius 1 is 1.23 bits per heavy atom. The SMILES string of the molecule is CCC[C@@H](/C=C/S(=O)c1ccccc1)O[Si](C)(C)C(C)(C)C. The van der Waals surface area contributed by atoms with Crippen molar-refractivity contribution in [2.24, 2.45) is 0 Å². The van der Waals surface area contributed by atoms with Crippen molar-refractivity contribution >= 4 is 19.1 Å². The highest BCUT2D eigenvalue weighted by molar-refractivity contribution is 7.88. The van der Waals surface area contributed by atoms with E-state index >= 15 is 0 Å². The fourth-order valence-corrected chi connectivity index (χ4v) is 4.03. The maximum absolute atomic E-state index is 12.3. The van der Waals surface area contributed by atoms with Gasteiger partial charge in [0.25, 0.3) is 0 Å². The Kier molecular flexibility index (Phi) is 7.23. The van der Waals surface area contributed by atoms with Crippen molar-refractivity contribution in [3.05, 3.63) is 41.8 Å². The molecule has 0 saturated heterocycles. The molecule has 0 aliphatic carbocycles. The smallest absolute Gasteiger partial charge is 0.192 e. The predicted molar refractivity (Wildman–Crippen MR) is 99.0 cm³/mol. The van der Waals surface area contributed by atoms with Crippen molar-refractivity contribution in [2.45, 2.75) is 69.7 Å². The molecule has 0 spiro atoms. The molecule has 0 radical (unpaired) electrons. The van der Waals surface area contributed by atoms with Crippen LogP contribution in [0.25, 0.3) is 0 Å². The average molecular weight is 339 g/mol. The Balaban J connectivity index is 2.80. The van der Waals surface area contributed by atoms with E-state index in [-0.39, 0.29) is 11.1 Å². The van der Waals surface area contributed by atoms with E-state index in [0.29, 0.717) is 0 Å². The van der Waals surface area contributed by atoms with Crippen LogP contribution >= 0.6 is 0 Å². The maximum Gasteiger partial charge on any atom is 0.192 e. The van der Waals surface area contributed by atoms with Crippen LogP contribution in [0.3, 0.4) is 0 Å². The van der Waals surface area contributed by atoms with Gasteiger partial charge in [0, 0.05) is 10.3 Å². The largest absolute Gasteiger partial charge is 0.411 e. The van der Waals surface area contributed by atoms with Crippen molar-refractivity contribution in [3.8, 4) is 0 Å². The average Bonchev–Trinajstić information content (AvgIpc) is 2.44. The van der Waals surface area contributed by atoms with Crippen LogP contribution in [0.2, 0.25) is 18.1 Å². The van der Waals surface area contributed by atoms with E-state index in [0.717, 1.165) is 17.7 Å². The first-order valence-corrected chi connectivity index (χ1v) is 12.1. The molecule has 0 aromatic heterocycles. The lowest BCUT2D eigenvalue weighted by Gasteiger charge is -2.38. The highest BCUT2D eigenvalue weighted by Crippen LogP contribution is 2.37. The van der Waals surface area contributed by atoms with Gasteiger partial charge in [0.15, 0.2) is 8.32 Å². The van der Waals surface area contributed by atoms with Gasteiger partial charge in [-0.1, -0.05) is 52.3 Å². The highest BCUT2D eigenvalue weighted by atomic mass is 32.2. The first-order chi connectivity index (χ1) is 10.2. The first kappa shape index (κ1) is 19.3. The van der Waals surface area contributed by atoms with Gasteiger partial charge in [-0.3, -0.25) is 0 Å². The van der Waals surface area contributed by atoms with Crippen molar-refractivity contribution < 1.29 is 8.63 Å². The molecule has 1 aromatic rings. The molecule has 0 fully saturated rings. The lowest BCUT2D eigenvalue weighted by Crippen LogP contribution is -2.43. The summed E-state index contributed by atoms with van der Waals surface area (Å²) in [5.41, 5.74) is 0. The molecule has 2 nitrogen and oxygen atoms in total. The third-order valence-corrected chi connectivity index (χ3v) is 9.86. The van der Waals surface area contributed by atoms with Gasteiger partial charge in [-0.2, -0.15) is 0 Å². The van der Waals surface area contributed by atoms with E-state index in [9.17, 15) is 4.21 Å². The van der Waals surface area contributed by atoms with Gasteiger partial charge in [-0.25, -0.2) is 4.21 Å². The van der Waals surface area contributed by atoms with Gasteiger partial charge >= 0.3 is 0 Å². The molecular weight excluding hydrogens is 308 g/mol. The number of rotatable bonds is 7. The summed E-state index contributed by atoms with van der Waals surface area (Å²) < 4.78 is 18.7. The number of benzene rings is 1. The molecular formula is C18H30O2SSi. The van der Waals surface area contributed by atoms with Crippen LogP contribution in [0.15, 0.2) is 46.7 Å². The lowest BCUT2D eigenvalue weighted by atomic mass is 10.2. The summed E-state index contributed by atoms with van der Waals surface area (Å²) in [6, 6.07) is 9.55. The fraction of sp³-hybridized carbons (Fsp3) is 0.556. The molecule has 0 amide bonds. The quantitative estimate of drug-likeness (QED) is 0.614. The van der Waals surface area contributed by atoms with Gasteiger partial charge in [-0.15, -0.1) is 0 Å². The van der Waals surface area contributed by atoms with Crippen molar-refractivity contribution in [1.29, 1.82) is 0 Å². The summed E-state index contributed by atoms with van der Waals surface area (Å²) in [4.78, 5) is 0.835. The minimum atomic E-state index is -1.81. The zero-order chi connectivity index (χ0) is 16.8. The molecule has 1 aromatic carbocycles. The van der Waals surface area contributed by atoms with E-state index < -0.39 is 19.1 Å².